The van der Waals surface area contributed by atoms with E-state index in [1.165, 1.54) is 12.3 Å². The number of hydrogen-bond acceptors (Lipinski definition) is 2. The van der Waals surface area contributed by atoms with Gasteiger partial charge in [-0.2, -0.15) is 0 Å². The number of nitrogens with zero attached hydrogens (tertiary/aromatic N) is 1. The number of aromatic nitrogens is 1. The summed E-state index contributed by atoms with van der Waals surface area (Å²) in [4.78, 5) is 7.54. The van der Waals surface area contributed by atoms with Gasteiger partial charge in [0.1, 0.15) is 6.54 Å². The fourth-order valence-electron chi connectivity index (χ4n) is 1.44. The first-order chi connectivity index (χ1) is 6.45. The van der Waals surface area contributed by atoms with Crippen molar-refractivity contribution in [2.75, 3.05) is 6.54 Å². The Hall–Kier alpha value is -1.38. The van der Waals surface area contributed by atoms with Crippen molar-refractivity contribution >= 4 is 5.84 Å². The summed E-state index contributed by atoms with van der Waals surface area (Å²) in [5.74, 6) is 1.26. The van der Waals surface area contributed by atoms with Crippen LogP contribution >= 0.6 is 0 Å². The molecule has 0 atom stereocenters. The van der Waals surface area contributed by atoms with Crippen LogP contribution in [-0.4, -0.2) is 17.4 Å². The minimum atomic E-state index is 0.823. The van der Waals surface area contributed by atoms with Gasteiger partial charge in [-0.3, -0.25) is 15.3 Å². The first kappa shape index (κ1) is 8.23. The highest BCUT2D eigenvalue weighted by molar-refractivity contribution is 5.77. The van der Waals surface area contributed by atoms with Crippen molar-refractivity contribution in [1.82, 2.24) is 10.3 Å². The van der Waals surface area contributed by atoms with Crippen molar-refractivity contribution in [3.63, 3.8) is 0 Å². The van der Waals surface area contributed by atoms with Gasteiger partial charge in [-0.15, -0.1) is 0 Å². The average Bonchev–Trinajstić information content (AvgIpc) is 2.69. The Morgan fingerprint density at radius 3 is 3.15 bits per heavy atom. The predicted molar refractivity (Wildman–Crippen MR) is 51.1 cm³/mol. The molecular formula is C10H14N3+. The summed E-state index contributed by atoms with van der Waals surface area (Å²) in [6, 6.07) is 5.98. The maximum atomic E-state index is 4.24. The number of nitrogens with one attached hydrogen (secondary N) is 2. The molecule has 0 aliphatic carbocycles. The van der Waals surface area contributed by atoms with Crippen molar-refractivity contribution in [2.24, 2.45) is 0 Å². The van der Waals surface area contributed by atoms with Crippen molar-refractivity contribution < 1.29 is 4.99 Å². The SMILES string of the molecule is c1ccc(CNC2=[NH+]CCC2)nc1. The molecule has 1 aliphatic heterocycles. The van der Waals surface area contributed by atoms with Crippen LogP contribution in [0, 0.1) is 0 Å². The molecule has 68 valence electrons. The molecule has 0 amide bonds. The van der Waals surface area contributed by atoms with Crippen molar-refractivity contribution in [1.29, 1.82) is 0 Å². The Labute approximate surface area is 77.9 Å². The molecule has 3 heteroatoms. The second-order valence-electron chi connectivity index (χ2n) is 3.18. The topological polar surface area (TPSA) is 38.9 Å². The summed E-state index contributed by atoms with van der Waals surface area (Å²) in [6.45, 7) is 1.92. The molecule has 2 N–H and O–H groups in total. The molecule has 0 spiro atoms. The molecule has 1 aliphatic rings. The predicted octanol–water partition coefficient (Wildman–Crippen LogP) is -0.556. The second kappa shape index (κ2) is 4.03. The number of rotatable bonds is 2. The molecule has 1 aromatic heterocycles. The lowest BCUT2D eigenvalue weighted by Gasteiger charge is -1.97. The van der Waals surface area contributed by atoms with Crippen LogP contribution in [0.3, 0.4) is 0 Å². The van der Waals surface area contributed by atoms with E-state index in [1.807, 2.05) is 24.4 Å². The zero-order valence-corrected chi connectivity index (χ0v) is 7.59. The minimum absolute atomic E-state index is 0.823. The van der Waals surface area contributed by atoms with E-state index in [0.717, 1.165) is 25.2 Å². The first-order valence-electron chi connectivity index (χ1n) is 4.68. The van der Waals surface area contributed by atoms with E-state index in [4.69, 9.17) is 0 Å². The molecule has 0 saturated carbocycles. The Bertz CT molecular complexity index is 292. The van der Waals surface area contributed by atoms with Crippen molar-refractivity contribution in [3.05, 3.63) is 30.1 Å². The molecule has 0 aromatic carbocycles. The zero-order chi connectivity index (χ0) is 8.93. The van der Waals surface area contributed by atoms with E-state index >= 15 is 0 Å². The number of amidine groups is 1. The highest BCUT2D eigenvalue weighted by atomic mass is 15.0. The quantitative estimate of drug-likeness (QED) is 0.634. The highest BCUT2D eigenvalue weighted by Gasteiger charge is 2.11. The molecule has 0 unspecified atom stereocenters. The van der Waals surface area contributed by atoms with Gasteiger partial charge in [0.2, 0.25) is 5.84 Å². The van der Waals surface area contributed by atoms with Gasteiger partial charge in [0.15, 0.2) is 0 Å². The van der Waals surface area contributed by atoms with Gasteiger partial charge in [-0.1, -0.05) is 6.07 Å². The van der Waals surface area contributed by atoms with Crippen LogP contribution in [0.25, 0.3) is 0 Å². The maximum absolute atomic E-state index is 4.24. The smallest absolute Gasteiger partial charge is 0.242 e. The fourth-order valence-corrected chi connectivity index (χ4v) is 1.44. The van der Waals surface area contributed by atoms with Gasteiger partial charge in [0.25, 0.3) is 0 Å². The minimum Gasteiger partial charge on any atom is -0.279 e. The third-order valence-electron chi connectivity index (χ3n) is 2.15. The Kier molecular flexibility index (Phi) is 2.55. The highest BCUT2D eigenvalue weighted by Crippen LogP contribution is 1.93. The van der Waals surface area contributed by atoms with E-state index in [9.17, 15) is 0 Å². The lowest BCUT2D eigenvalue weighted by Crippen LogP contribution is -2.72. The molecular weight excluding hydrogens is 162 g/mol. The van der Waals surface area contributed by atoms with E-state index in [-0.39, 0.29) is 0 Å². The lowest BCUT2D eigenvalue weighted by atomic mass is 10.3. The monoisotopic (exact) mass is 176 g/mol. The average molecular weight is 176 g/mol. The van der Waals surface area contributed by atoms with Crippen molar-refractivity contribution in [2.45, 2.75) is 19.4 Å². The molecule has 3 nitrogen and oxygen atoms in total. The third-order valence-corrected chi connectivity index (χ3v) is 2.15. The number of pyridine rings is 1. The van der Waals surface area contributed by atoms with Gasteiger partial charge in [0, 0.05) is 6.20 Å². The molecule has 2 heterocycles. The summed E-state index contributed by atoms with van der Waals surface area (Å²) in [6.07, 6.45) is 4.21. The van der Waals surface area contributed by atoms with Gasteiger partial charge in [-0.25, -0.2) is 0 Å². The summed E-state index contributed by atoms with van der Waals surface area (Å²) in [5.41, 5.74) is 1.09. The molecule has 0 bridgehead atoms. The summed E-state index contributed by atoms with van der Waals surface area (Å²) in [7, 11) is 0. The Morgan fingerprint density at radius 1 is 1.46 bits per heavy atom. The van der Waals surface area contributed by atoms with Crippen LogP contribution in [0.2, 0.25) is 0 Å². The van der Waals surface area contributed by atoms with Crippen LogP contribution < -0.4 is 10.3 Å². The maximum Gasteiger partial charge on any atom is 0.242 e. The van der Waals surface area contributed by atoms with Crippen LogP contribution in [0.4, 0.5) is 0 Å². The summed E-state index contributed by atoms with van der Waals surface area (Å²) < 4.78 is 0. The molecule has 13 heavy (non-hydrogen) atoms. The molecule has 0 radical (unpaired) electrons. The molecule has 0 fully saturated rings. The summed E-state index contributed by atoms with van der Waals surface area (Å²) in [5, 5.41) is 3.34. The zero-order valence-electron chi connectivity index (χ0n) is 7.59. The Balaban J connectivity index is 1.86. The van der Waals surface area contributed by atoms with Gasteiger partial charge in [-0.05, 0) is 18.6 Å². The molecule has 0 saturated heterocycles. The van der Waals surface area contributed by atoms with Crippen LogP contribution in [0.1, 0.15) is 18.5 Å². The van der Waals surface area contributed by atoms with E-state index in [2.05, 4.69) is 15.3 Å². The van der Waals surface area contributed by atoms with Gasteiger partial charge >= 0.3 is 0 Å². The summed E-state index contributed by atoms with van der Waals surface area (Å²) >= 11 is 0. The number of hydrogen-bond donors (Lipinski definition) is 2. The standard InChI is InChI=1S/C10H13N3/c1-2-6-11-9(4-1)8-13-10-5-3-7-12-10/h1-2,4,6H,3,5,7-8H2,(H,12,13)/p+1. The lowest BCUT2D eigenvalue weighted by molar-refractivity contribution is -0.449. The van der Waals surface area contributed by atoms with E-state index in [1.54, 1.807) is 0 Å². The normalized spacial score (nSPS) is 15.5. The first-order valence-corrected chi connectivity index (χ1v) is 4.68. The van der Waals surface area contributed by atoms with Crippen molar-refractivity contribution in [3.8, 4) is 0 Å². The Morgan fingerprint density at radius 2 is 2.46 bits per heavy atom. The van der Waals surface area contributed by atoms with Crippen LogP contribution in [0.15, 0.2) is 24.4 Å². The van der Waals surface area contributed by atoms with Crippen LogP contribution in [-0.2, 0) is 6.54 Å². The van der Waals surface area contributed by atoms with Crippen LogP contribution in [0.5, 0.6) is 0 Å². The van der Waals surface area contributed by atoms with E-state index < -0.39 is 0 Å². The third kappa shape index (κ3) is 2.28. The molecule has 2 rings (SSSR count). The van der Waals surface area contributed by atoms with Gasteiger partial charge in [0.05, 0.1) is 18.7 Å². The fraction of sp³-hybridized carbons (Fsp3) is 0.400. The largest absolute Gasteiger partial charge is 0.279 e. The molecule has 1 aromatic rings. The van der Waals surface area contributed by atoms with Gasteiger partial charge < -0.3 is 0 Å². The second-order valence-corrected chi connectivity index (χ2v) is 3.18. The van der Waals surface area contributed by atoms with E-state index in [0.29, 0.717) is 0 Å².